The summed E-state index contributed by atoms with van der Waals surface area (Å²) in [6.07, 6.45) is 1.85. The lowest BCUT2D eigenvalue weighted by Crippen LogP contribution is -2.47. The fraction of sp³-hybridized carbons (Fsp3) is 0.588. The number of likely N-dealkylation sites (tertiary alicyclic amines) is 1. The first kappa shape index (κ1) is 19.1. The van der Waals surface area contributed by atoms with E-state index in [0.717, 1.165) is 32.5 Å². The molecule has 0 spiro atoms. The Kier molecular flexibility index (Phi) is 7.15. The van der Waals surface area contributed by atoms with E-state index in [-0.39, 0.29) is 12.2 Å². The fourth-order valence-electron chi connectivity index (χ4n) is 3.20. The van der Waals surface area contributed by atoms with Gasteiger partial charge in [0.15, 0.2) is 5.75 Å². The van der Waals surface area contributed by atoms with Gasteiger partial charge >= 0.3 is 11.7 Å². The van der Waals surface area contributed by atoms with Crippen LogP contribution in [0.3, 0.4) is 0 Å². The van der Waals surface area contributed by atoms with Gasteiger partial charge in [-0.3, -0.25) is 24.7 Å². The third-order valence-corrected chi connectivity index (χ3v) is 4.55. The summed E-state index contributed by atoms with van der Waals surface area (Å²) in [6, 6.07) is 6.67. The lowest BCUT2D eigenvalue weighted by atomic mass is 10.0. The monoisotopic (exact) mass is 351 g/mol. The van der Waals surface area contributed by atoms with Gasteiger partial charge in [0, 0.05) is 18.7 Å². The van der Waals surface area contributed by atoms with Crippen molar-refractivity contribution in [3.8, 4) is 5.75 Å². The van der Waals surface area contributed by atoms with Crippen LogP contribution in [-0.2, 0) is 4.79 Å². The summed E-state index contributed by atoms with van der Waals surface area (Å²) in [5.41, 5.74) is -0.0199. The van der Waals surface area contributed by atoms with Crippen molar-refractivity contribution in [2.24, 2.45) is 0 Å². The number of carboxylic acids is 1. The number of nitro groups is 1. The van der Waals surface area contributed by atoms with E-state index >= 15 is 0 Å². The van der Waals surface area contributed by atoms with Gasteiger partial charge < -0.3 is 9.84 Å². The number of carboxylic acid groups (broad SMARTS) is 1. The molecule has 8 nitrogen and oxygen atoms in total. The molecule has 1 aliphatic rings. The first-order valence-corrected chi connectivity index (χ1v) is 8.55. The van der Waals surface area contributed by atoms with Crippen molar-refractivity contribution < 1.29 is 19.6 Å². The summed E-state index contributed by atoms with van der Waals surface area (Å²) < 4.78 is 5.58. The predicted molar refractivity (Wildman–Crippen MR) is 92.9 cm³/mol. The average Bonchev–Trinajstić information content (AvgIpc) is 2.60. The Hall–Kier alpha value is -2.19. The summed E-state index contributed by atoms with van der Waals surface area (Å²) in [7, 11) is 0. The molecule has 0 aliphatic carbocycles. The first-order valence-electron chi connectivity index (χ1n) is 8.55. The van der Waals surface area contributed by atoms with E-state index < -0.39 is 10.9 Å². The van der Waals surface area contributed by atoms with Crippen LogP contribution in [0.5, 0.6) is 5.75 Å². The molecule has 1 N–H and O–H groups in total. The predicted octanol–water partition coefficient (Wildman–Crippen LogP) is 1.84. The van der Waals surface area contributed by atoms with Gasteiger partial charge in [0.2, 0.25) is 0 Å². The number of hydrogen-bond acceptors (Lipinski definition) is 6. The van der Waals surface area contributed by atoms with Crippen molar-refractivity contribution in [3.63, 3.8) is 0 Å². The molecule has 1 saturated heterocycles. The van der Waals surface area contributed by atoms with Crippen molar-refractivity contribution in [1.29, 1.82) is 0 Å². The number of carbonyl (C=O) groups is 1. The molecular formula is C17H25N3O5. The van der Waals surface area contributed by atoms with Crippen molar-refractivity contribution in [2.75, 3.05) is 39.3 Å². The van der Waals surface area contributed by atoms with Crippen molar-refractivity contribution in [2.45, 2.75) is 25.8 Å². The van der Waals surface area contributed by atoms with Crippen LogP contribution in [-0.4, -0.2) is 71.2 Å². The number of nitro benzene ring substituents is 1. The summed E-state index contributed by atoms with van der Waals surface area (Å²) in [4.78, 5) is 25.7. The minimum absolute atomic E-state index is 0.0199. The highest BCUT2D eigenvalue weighted by Gasteiger charge is 2.25. The van der Waals surface area contributed by atoms with Crippen LogP contribution in [0, 0.1) is 10.1 Å². The van der Waals surface area contributed by atoms with Gasteiger partial charge in [0.25, 0.3) is 0 Å². The Morgan fingerprint density at radius 1 is 1.40 bits per heavy atom. The Labute approximate surface area is 147 Å². The number of nitrogens with zero attached hydrogens (tertiary/aromatic N) is 3. The molecule has 25 heavy (non-hydrogen) atoms. The maximum atomic E-state index is 11.0. The van der Waals surface area contributed by atoms with Crippen LogP contribution in [0.15, 0.2) is 24.3 Å². The molecule has 1 aromatic rings. The van der Waals surface area contributed by atoms with Gasteiger partial charge in [-0.2, -0.15) is 0 Å². The number of piperidine rings is 1. The van der Waals surface area contributed by atoms with Crippen LogP contribution in [0.1, 0.15) is 19.8 Å². The number of aliphatic carboxylic acids is 1. The van der Waals surface area contributed by atoms with Crippen LogP contribution in [0.4, 0.5) is 5.69 Å². The lowest BCUT2D eigenvalue weighted by Gasteiger charge is -2.37. The molecule has 0 radical (unpaired) electrons. The zero-order valence-electron chi connectivity index (χ0n) is 14.5. The quantitative estimate of drug-likeness (QED) is 0.536. The molecular weight excluding hydrogens is 326 g/mol. The van der Waals surface area contributed by atoms with E-state index in [9.17, 15) is 14.9 Å². The first-order chi connectivity index (χ1) is 12.0. The average molecular weight is 351 g/mol. The number of hydrogen-bond donors (Lipinski definition) is 1. The van der Waals surface area contributed by atoms with E-state index in [0.29, 0.717) is 24.9 Å². The lowest BCUT2D eigenvalue weighted by molar-refractivity contribution is -0.385. The Balaban J connectivity index is 1.76. The van der Waals surface area contributed by atoms with Gasteiger partial charge in [-0.1, -0.05) is 19.1 Å². The van der Waals surface area contributed by atoms with E-state index in [4.69, 9.17) is 9.84 Å². The Morgan fingerprint density at radius 2 is 2.08 bits per heavy atom. The van der Waals surface area contributed by atoms with E-state index in [2.05, 4.69) is 4.90 Å². The molecule has 0 saturated carbocycles. The minimum atomic E-state index is -0.790. The molecule has 0 unspecified atom stereocenters. The molecule has 0 bridgehead atoms. The fourth-order valence-corrected chi connectivity index (χ4v) is 3.20. The topological polar surface area (TPSA) is 96.2 Å². The number of ether oxygens (including phenoxy) is 1. The molecule has 1 aromatic carbocycles. The number of benzene rings is 1. The van der Waals surface area contributed by atoms with Crippen LogP contribution in [0.2, 0.25) is 0 Å². The molecule has 2 rings (SSSR count). The van der Waals surface area contributed by atoms with Gasteiger partial charge in [-0.15, -0.1) is 0 Å². The number of rotatable bonds is 9. The molecule has 1 heterocycles. The largest absolute Gasteiger partial charge is 0.485 e. The van der Waals surface area contributed by atoms with E-state index in [1.807, 2.05) is 11.8 Å². The zero-order chi connectivity index (χ0) is 18.2. The highest BCUT2D eigenvalue weighted by Crippen LogP contribution is 2.25. The summed E-state index contributed by atoms with van der Waals surface area (Å²) in [5, 5.41) is 19.9. The second-order valence-electron chi connectivity index (χ2n) is 6.10. The Morgan fingerprint density at radius 3 is 2.68 bits per heavy atom. The highest BCUT2D eigenvalue weighted by molar-refractivity contribution is 5.69. The second kappa shape index (κ2) is 9.33. The summed E-state index contributed by atoms with van der Waals surface area (Å²) >= 11 is 0. The molecule has 0 aromatic heterocycles. The zero-order valence-corrected chi connectivity index (χ0v) is 14.5. The van der Waals surface area contributed by atoms with Crippen molar-refractivity contribution >= 4 is 11.7 Å². The molecule has 8 heteroatoms. The van der Waals surface area contributed by atoms with Gasteiger partial charge in [0.05, 0.1) is 11.5 Å². The maximum absolute atomic E-state index is 11.0. The standard InChI is InChI=1S/C17H25N3O5/c1-2-19(13-17(21)22)14-7-9-18(10-8-14)11-12-25-16-6-4-3-5-15(16)20(23)24/h3-6,14H,2,7-13H2,1H3,(H,21,22). The molecule has 0 atom stereocenters. The Bertz CT molecular complexity index is 587. The smallest absolute Gasteiger partial charge is 0.317 e. The van der Waals surface area contributed by atoms with Crippen LogP contribution >= 0.6 is 0 Å². The van der Waals surface area contributed by atoms with Crippen molar-refractivity contribution in [3.05, 3.63) is 34.4 Å². The van der Waals surface area contributed by atoms with Gasteiger partial charge in [0.1, 0.15) is 6.61 Å². The van der Waals surface area contributed by atoms with Crippen molar-refractivity contribution in [1.82, 2.24) is 9.80 Å². The summed E-state index contributed by atoms with van der Waals surface area (Å²) in [6.45, 7) is 5.64. The SMILES string of the molecule is CCN(CC(=O)O)C1CCN(CCOc2ccccc2[N+](=O)[O-])CC1. The van der Waals surface area contributed by atoms with Crippen LogP contribution < -0.4 is 4.74 Å². The summed E-state index contributed by atoms with van der Waals surface area (Å²) in [5.74, 6) is -0.497. The number of para-hydroxylation sites is 2. The second-order valence-corrected chi connectivity index (χ2v) is 6.10. The van der Waals surface area contributed by atoms with Gasteiger partial charge in [-0.25, -0.2) is 0 Å². The maximum Gasteiger partial charge on any atom is 0.317 e. The van der Waals surface area contributed by atoms with Crippen LogP contribution in [0.25, 0.3) is 0 Å². The highest BCUT2D eigenvalue weighted by atomic mass is 16.6. The third kappa shape index (κ3) is 5.68. The van der Waals surface area contributed by atoms with Gasteiger partial charge in [-0.05, 0) is 38.5 Å². The number of likely N-dealkylation sites (N-methyl/N-ethyl adjacent to an activating group) is 1. The molecule has 1 aliphatic heterocycles. The molecule has 0 amide bonds. The third-order valence-electron chi connectivity index (χ3n) is 4.55. The van der Waals surface area contributed by atoms with E-state index in [1.54, 1.807) is 18.2 Å². The molecule has 138 valence electrons. The van der Waals surface area contributed by atoms with E-state index in [1.165, 1.54) is 6.07 Å². The molecule has 1 fully saturated rings. The minimum Gasteiger partial charge on any atom is -0.485 e. The normalized spacial score (nSPS) is 16.1.